The Labute approximate surface area is 175 Å². The van der Waals surface area contributed by atoms with Gasteiger partial charge in [0.25, 0.3) is 10.0 Å². The van der Waals surface area contributed by atoms with Crippen LogP contribution >= 0.6 is 11.3 Å². The highest BCUT2D eigenvalue weighted by molar-refractivity contribution is 7.90. The maximum atomic E-state index is 13.2. The van der Waals surface area contributed by atoms with Crippen molar-refractivity contribution in [1.29, 1.82) is 0 Å². The van der Waals surface area contributed by atoms with E-state index in [9.17, 15) is 17.6 Å². The normalized spacial score (nSPS) is 11.4. The van der Waals surface area contributed by atoms with E-state index in [0.717, 1.165) is 6.20 Å². The molecule has 1 aromatic carbocycles. The summed E-state index contributed by atoms with van der Waals surface area (Å²) < 4.78 is 45.8. The van der Waals surface area contributed by atoms with E-state index in [1.54, 1.807) is 6.07 Å². The largest absolute Gasteiger partial charge is 0.436 e. The third-order valence-corrected chi connectivity index (χ3v) is 6.13. The fourth-order valence-corrected chi connectivity index (χ4v) is 4.29. The van der Waals surface area contributed by atoms with Crippen LogP contribution in [0.15, 0.2) is 74.9 Å². The molecule has 0 aliphatic heterocycles. The van der Waals surface area contributed by atoms with E-state index in [2.05, 4.69) is 9.97 Å². The van der Waals surface area contributed by atoms with Gasteiger partial charge in [0.2, 0.25) is 11.8 Å². The summed E-state index contributed by atoms with van der Waals surface area (Å²) in [5.41, 5.74) is 1.51. The Bertz CT molecular complexity index is 1270. The number of thiophene rings is 1. The Morgan fingerprint density at radius 3 is 2.60 bits per heavy atom. The number of nitrogens with zero attached hydrogens (tertiary/aromatic N) is 2. The second-order valence-electron chi connectivity index (χ2n) is 6.21. The molecule has 0 spiro atoms. The van der Waals surface area contributed by atoms with Crippen molar-refractivity contribution < 1.29 is 22.0 Å². The fourth-order valence-electron chi connectivity index (χ4n) is 2.71. The first-order valence-electron chi connectivity index (χ1n) is 8.66. The van der Waals surface area contributed by atoms with E-state index in [4.69, 9.17) is 4.42 Å². The topological polar surface area (TPSA) is 102 Å². The average molecular weight is 443 g/mol. The van der Waals surface area contributed by atoms with E-state index in [1.807, 2.05) is 15.5 Å². The van der Waals surface area contributed by atoms with Crippen molar-refractivity contribution in [3.8, 4) is 22.8 Å². The molecule has 0 aliphatic carbocycles. The molecule has 152 valence electrons. The van der Waals surface area contributed by atoms with E-state index in [0.29, 0.717) is 16.9 Å². The lowest BCUT2D eigenvalue weighted by Crippen LogP contribution is -2.32. The summed E-state index contributed by atoms with van der Waals surface area (Å²) in [6, 6.07) is 10.2. The summed E-state index contributed by atoms with van der Waals surface area (Å²) >= 11 is 1.44. The van der Waals surface area contributed by atoms with Crippen molar-refractivity contribution in [1.82, 2.24) is 14.7 Å². The number of nitrogens with one attached hydrogen (secondary N) is 1. The summed E-state index contributed by atoms with van der Waals surface area (Å²) in [5.74, 6) is -0.614. The predicted molar refractivity (Wildman–Crippen MR) is 108 cm³/mol. The fraction of sp³-hybridized carbons (Fsp3) is 0.0500. The number of pyridine rings is 1. The highest BCUT2D eigenvalue weighted by Crippen LogP contribution is 2.31. The van der Waals surface area contributed by atoms with Crippen molar-refractivity contribution >= 4 is 27.3 Å². The van der Waals surface area contributed by atoms with Crippen molar-refractivity contribution in [2.24, 2.45) is 0 Å². The molecule has 0 aliphatic rings. The lowest BCUT2D eigenvalue weighted by atomic mass is 10.2. The molecule has 1 amide bonds. The zero-order valence-electron chi connectivity index (χ0n) is 15.3. The molecular formula is C20H14FN3O4S2. The SMILES string of the molecule is O=C(Cc1nc(-c2ccc(F)cc2)oc1-c1ccsc1)NS(=O)(=O)c1cccnc1. The standard InChI is InChI=1S/C20H14FN3O4S2/c21-15-5-3-13(4-6-15)20-23-17(19(28-20)14-7-9-29-12-14)10-18(25)24-30(26,27)16-2-1-8-22-11-16/h1-9,11-12H,10H2,(H,24,25). The van der Waals surface area contributed by atoms with E-state index < -0.39 is 21.7 Å². The zero-order chi connectivity index (χ0) is 21.1. The predicted octanol–water partition coefficient (Wildman–Crippen LogP) is 3.65. The molecule has 7 nitrogen and oxygen atoms in total. The van der Waals surface area contributed by atoms with Gasteiger partial charge in [0.05, 0.1) is 12.1 Å². The number of benzene rings is 1. The molecule has 0 radical (unpaired) electrons. The average Bonchev–Trinajstić information content (AvgIpc) is 3.39. The van der Waals surface area contributed by atoms with Gasteiger partial charge in [-0.3, -0.25) is 9.78 Å². The minimum atomic E-state index is -4.06. The molecule has 3 heterocycles. The van der Waals surface area contributed by atoms with Gasteiger partial charge in [-0.2, -0.15) is 11.3 Å². The zero-order valence-corrected chi connectivity index (χ0v) is 16.9. The van der Waals surface area contributed by atoms with E-state index >= 15 is 0 Å². The third-order valence-electron chi connectivity index (χ3n) is 4.09. The van der Waals surface area contributed by atoms with E-state index in [1.165, 1.54) is 53.9 Å². The molecule has 0 atom stereocenters. The van der Waals surface area contributed by atoms with Crippen molar-refractivity contribution in [2.75, 3.05) is 0 Å². The van der Waals surface area contributed by atoms with Crippen molar-refractivity contribution in [3.63, 3.8) is 0 Å². The molecule has 0 saturated carbocycles. The number of rotatable bonds is 6. The number of carbonyl (C=O) groups excluding carboxylic acids is 1. The van der Waals surface area contributed by atoms with Gasteiger partial charge in [-0.1, -0.05) is 0 Å². The first-order valence-corrected chi connectivity index (χ1v) is 11.1. The summed E-state index contributed by atoms with van der Waals surface area (Å²) in [4.78, 5) is 20.5. The Hall–Kier alpha value is -3.37. The molecule has 4 aromatic rings. The smallest absolute Gasteiger partial charge is 0.265 e. The summed E-state index contributed by atoms with van der Waals surface area (Å²) in [6.07, 6.45) is 2.25. The Balaban J connectivity index is 1.63. The van der Waals surface area contributed by atoms with Crippen LogP contribution in [0, 0.1) is 5.82 Å². The van der Waals surface area contributed by atoms with Crippen LogP contribution in [-0.4, -0.2) is 24.3 Å². The Kier molecular flexibility index (Phi) is 5.42. The van der Waals surface area contributed by atoms with Crippen molar-refractivity contribution in [3.05, 3.63) is 77.1 Å². The van der Waals surface area contributed by atoms with Gasteiger partial charge in [0.1, 0.15) is 10.7 Å². The van der Waals surface area contributed by atoms with Gasteiger partial charge in [-0.05, 0) is 47.8 Å². The van der Waals surface area contributed by atoms with Crippen LogP contribution in [0.2, 0.25) is 0 Å². The summed E-state index contributed by atoms with van der Waals surface area (Å²) in [5, 5.41) is 3.66. The Morgan fingerprint density at radius 2 is 1.93 bits per heavy atom. The van der Waals surface area contributed by atoms with Gasteiger partial charge in [-0.15, -0.1) is 0 Å². The van der Waals surface area contributed by atoms with Crippen molar-refractivity contribution in [2.45, 2.75) is 11.3 Å². The van der Waals surface area contributed by atoms with Crippen LogP contribution in [0.3, 0.4) is 0 Å². The monoisotopic (exact) mass is 443 g/mol. The van der Waals surface area contributed by atoms with Gasteiger partial charge < -0.3 is 4.42 Å². The second-order valence-corrected chi connectivity index (χ2v) is 8.67. The molecular weight excluding hydrogens is 429 g/mol. The minimum Gasteiger partial charge on any atom is -0.436 e. The molecule has 4 rings (SSSR count). The van der Waals surface area contributed by atoms with Gasteiger partial charge >= 0.3 is 0 Å². The van der Waals surface area contributed by atoms with Gasteiger partial charge in [0, 0.05) is 28.9 Å². The van der Waals surface area contributed by atoms with Gasteiger partial charge in [-0.25, -0.2) is 22.5 Å². The van der Waals surface area contributed by atoms with Gasteiger partial charge in [0.15, 0.2) is 5.76 Å². The Morgan fingerprint density at radius 1 is 1.13 bits per heavy atom. The number of carbonyl (C=O) groups is 1. The highest BCUT2D eigenvalue weighted by atomic mass is 32.2. The van der Waals surface area contributed by atoms with Crippen LogP contribution in [0.1, 0.15) is 5.69 Å². The number of amides is 1. The van der Waals surface area contributed by atoms with Crippen LogP contribution in [0.4, 0.5) is 4.39 Å². The number of hydrogen-bond donors (Lipinski definition) is 1. The molecule has 0 bridgehead atoms. The maximum Gasteiger partial charge on any atom is 0.265 e. The second kappa shape index (κ2) is 8.17. The first kappa shape index (κ1) is 19.9. The molecule has 3 aromatic heterocycles. The van der Waals surface area contributed by atoms with Crippen LogP contribution < -0.4 is 4.72 Å². The molecule has 10 heteroatoms. The molecule has 30 heavy (non-hydrogen) atoms. The number of aromatic nitrogens is 2. The molecule has 0 fully saturated rings. The molecule has 0 saturated heterocycles. The number of halogens is 1. The summed E-state index contributed by atoms with van der Waals surface area (Å²) in [6.45, 7) is 0. The number of hydrogen-bond acceptors (Lipinski definition) is 7. The number of sulfonamides is 1. The van der Waals surface area contributed by atoms with E-state index in [-0.39, 0.29) is 22.9 Å². The maximum absolute atomic E-state index is 13.2. The van der Waals surface area contributed by atoms with Crippen LogP contribution in [0.25, 0.3) is 22.8 Å². The molecule has 1 N–H and O–H groups in total. The van der Waals surface area contributed by atoms with Crippen LogP contribution in [-0.2, 0) is 21.2 Å². The lowest BCUT2D eigenvalue weighted by Gasteiger charge is -2.05. The van der Waals surface area contributed by atoms with Crippen LogP contribution in [0.5, 0.6) is 0 Å². The first-order chi connectivity index (χ1) is 14.4. The number of oxazole rings is 1. The minimum absolute atomic E-state index is 0.122. The quantitative estimate of drug-likeness (QED) is 0.488. The molecule has 0 unspecified atom stereocenters. The summed E-state index contributed by atoms with van der Waals surface area (Å²) in [7, 11) is -4.06. The third kappa shape index (κ3) is 4.29. The lowest BCUT2D eigenvalue weighted by molar-refractivity contribution is -0.118. The highest BCUT2D eigenvalue weighted by Gasteiger charge is 2.23.